The molecule has 5 heteroatoms. The van der Waals surface area contributed by atoms with Gasteiger partial charge in [0.05, 0.1) is 0 Å². The lowest BCUT2D eigenvalue weighted by Gasteiger charge is -2.26. The van der Waals surface area contributed by atoms with E-state index in [1.54, 1.807) is 24.3 Å². The number of carboxylic acid groups (broad SMARTS) is 1. The number of anilines is 1. The van der Waals surface area contributed by atoms with E-state index in [0.29, 0.717) is 11.4 Å². The van der Waals surface area contributed by atoms with Crippen LogP contribution in [0.2, 0.25) is 0 Å². The first-order valence-corrected chi connectivity index (χ1v) is 7.84. The number of nitrogens with one attached hydrogen (secondary N) is 1. The molecule has 0 aromatic heterocycles. The Bertz CT molecular complexity index is 521. The van der Waals surface area contributed by atoms with Crippen LogP contribution in [-0.2, 0) is 9.59 Å². The molecule has 1 aliphatic rings. The molecule has 0 radical (unpaired) electrons. The quantitative estimate of drug-likeness (QED) is 0.845. The number of rotatable bonds is 6. The topological polar surface area (TPSA) is 75.6 Å². The largest absolute Gasteiger partial charge is 0.482 e. The van der Waals surface area contributed by atoms with Gasteiger partial charge in [-0.25, -0.2) is 4.79 Å². The van der Waals surface area contributed by atoms with Gasteiger partial charge in [-0.15, -0.1) is 0 Å². The van der Waals surface area contributed by atoms with E-state index >= 15 is 0 Å². The number of carbonyl (C=O) groups is 2. The second-order valence-corrected chi connectivity index (χ2v) is 5.83. The SMILES string of the molecule is CCC1CCC(C(=O)Nc2cccc(OCC(=O)O)c2)CC1. The minimum Gasteiger partial charge on any atom is -0.482 e. The summed E-state index contributed by atoms with van der Waals surface area (Å²) in [6, 6.07) is 6.84. The Labute approximate surface area is 130 Å². The predicted octanol–water partition coefficient (Wildman–Crippen LogP) is 3.30. The molecule has 0 atom stereocenters. The van der Waals surface area contributed by atoms with E-state index in [1.807, 2.05) is 0 Å². The van der Waals surface area contributed by atoms with E-state index < -0.39 is 12.6 Å². The molecule has 0 saturated heterocycles. The number of aliphatic carboxylic acids is 1. The predicted molar refractivity (Wildman–Crippen MR) is 83.9 cm³/mol. The van der Waals surface area contributed by atoms with E-state index in [4.69, 9.17) is 9.84 Å². The Morgan fingerprint density at radius 3 is 2.64 bits per heavy atom. The first-order chi connectivity index (χ1) is 10.6. The zero-order valence-corrected chi connectivity index (χ0v) is 12.9. The number of hydrogen-bond donors (Lipinski definition) is 2. The number of ether oxygens (including phenoxy) is 1. The normalized spacial score (nSPS) is 21.1. The van der Waals surface area contributed by atoms with Crippen molar-refractivity contribution in [2.24, 2.45) is 11.8 Å². The van der Waals surface area contributed by atoms with E-state index in [0.717, 1.165) is 31.6 Å². The van der Waals surface area contributed by atoms with E-state index in [9.17, 15) is 9.59 Å². The molecule has 2 rings (SSSR count). The molecule has 5 nitrogen and oxygen atoms in total. The summed E-state index contributed by atoms with van der Waals surface area (Å²) >= 11 is 0. The molecule has 1 saturated carbocycles. The first-order valence-electron chi connectivity index (χ1n) is 7.84. The van der Waals surface area contributed by atoms with Crippen molar-refractivity contribution in [3.8, 4) is 5.75 Å². The molecule has 1 aliphatic carbocycles. The first kappa shape index (κ1) is 16.3. The maximum atomic E-state index is 12.3. The van der Waals surface area contributed by atoms with Crippen LogP contribution in [0.3, 0.4) is 0 Å². The molecule has 2 N–H and O–H groups in total. The Morgan fingerprint density at radius 1 is 1.27 bits per heavy atom. The third kappa shape index (κ3) is 4.76. The second-order valence-electron chi connectivity index (χ2n) is 5.83. The summed E-state index contributed by atoms with van der Waals surface area (Å²) in [6.45, 7) is 1.81. The number of carboxylic acids is 1. The zero-order valence-electron chi connectivity index (χ0n) is 12.9. The molecule has 0 aliphatic heterocycles. The van der Waals surface area contributed by atoms with Crippen LogP contribution in [-0.4, -0.2) is 23.6 Å². The highest BCUT2D eigenvalue weighted by molar-refractivity contribution is 5.92. The van der Waals surface area contributed by atoms with E-state index in [1.165, 1.54) is 6.42 Å². The standard InChI is InChI=1S/C17H23NO4/c1-2-12-6-8-13(9-7-12)17(21)18-14-4-3-5-15(10-14)22-11-16(19)20/h3-5,10,12-13H,2,6-9,11H2,1H3,(H,18,21)(H,19,20). The van der Waals surface area contributed by atoms with Gasteiger partial charge in [-0.2, -0.15) is 0 Å². The van der Waals surface area contributed by atoms with Crippen LogP contribution in [0.1, 0.15) is 39.0 Å². The Hall–Kier alpha value is -2.04. The van der Waals surface area contributed by atoms with Crippen LogP contribution in [0.25, 0.3) is 0 Å². The Kier molecular flexibility index (Phi) is 5.81. The lowest BCUT2D eigenvalue weighted by Crippen LogP contribution is -2.27. The highest BCUT2D eigenvalue weighted by atomic mass is 16.5. The van der Waals surface area contributed by atoms with Crippen molar-refractivity contribution < 1.29 is 19.4 Å². The van der Waals surface area contributed by atoms with Crippen LogP contribution >= 0.6 is 0 Å². The van der Waals surface area contributed by atoms with Crippen molar-refractivity contribution >= 4 is 17.6 Å². The summed E-state index contributed by atoms with van der Waals surface area (Å²) in [5.74, 6) is 0.296. The highest BCUT2D eigenvalue weighted by Gasteiger charge is 2.25. The van der Waals surface area contributed by atoms with Crippen molar-refractivity contribution in [3.05, 3.63) is 24.3 Å². The third-order valence-electron chi connectivity index (χ3n) is 4.26. The summed E-state index contributed by atoms with van der Waals surface area (Å²) in [7, 11) is 0. The molecule has 0 unspecified atom stereocenters. The zero-order chi connectivity index (χ0) is 15.9. The van der Waals surface area contributed by atoms with Gasteiger partial charge in [0.1, 0.15) is 5.75 Å². The fourth-order valence-electron chi connectivity index (χ4n) is 2.89. The van der Waals surface area contributed by atoms with Crippen LogP contribution in [0.4, 0.5) is 5.69 Å². The summed E-state index contributed by atoms with van der Waals surface area (Å²) in [5, 5.41) is 11.5. The molecule has 1 amide bonds. The molecule has 1 aromatic carbocycles. The molecule has 1 fully saturated rings. The fraction of sp³-hybridized carbons (Fsp3) is 0.529. The third-order valence-corrected chi connectivity index (χ3v) is 4.26. The molecule has 1 aromatic rings. The molecule has 120 valence electrons. The minimum atomic E-state index is -1.03. The van der Waals surface area contributed by atoms with Gasteiger partial charge < -0.3 is 15.2 Å². The lowest BCUT2D eigenvalue weighted by atomic mass is 9.80. The molecule has 0 bridgehead atoms. The molecular weight excluding hydrogens is 282 g/mol. The number of benzene rings is 1. The van der Waals surface area contributed by atoms with Crippen molar-refractivity contribution in [3.63, 3.8) is 0 Å². The minimum absolute atomic E-state index is 0.0462. The van der Waals surface area contributed by atoms with E-state index in [2.05, 4.69) is 12.2 Å². The average molecular weight is 305 g/mol. The second kappa shape index (κ2) is 7.82. The van der Waals surface area contributed by atoms with Gasteiger partial charge in [0, 0.05) is 17.7 Å². The maximum absolute atomic E-state index is 12.3. The van der Waals surface area contributed by atoms with Crippen molar-refractivity contribution in [1.29, 1.82) is 0 Å². The van der Waals surface area contributed by atoms with Crippen molar-refractivity contribution in [2.75, 3.05) is 11.9 Å². The van der Waals surface area contributed by atoms with Gasteiger partial charge in [0.2, 0.25) is 5.91 Å². The maximum Gasteiger partial charge on any atom is 0.341 e. The fourth-order valence-corrected chi connectivity index (χ4v) is 2.89. The number of carbonyl (C=O) groups excluding carboxylic acids is 1. The summed E-state index contributed by atoms with van der Waals surface area (Å²) in [5.41, 5.74) is 0.644. The highest BCUT2D eigenvalue weighted by Crippen LogP contribution is 2.31. The van der Waals surface area contributed by atoms with Crippen molar-refractivity contribution in [1.82, 2.24) is 0 Å². The number of hydrogen-bond acceptors (Lipinski definition) is 3. The lowest BCUT2D eigenvalue weighted by molar-refractivity contribution is -0.139. The smallest absolute Gasteiger partial charge is 0.341 e. The monoisotopic (exact) mass is 305 g/mol. The summed E-state index contributed by atoms with van der Waals surface area (Å²) in [6.07, 6.45) is 5.32. The van der Waals surface area contributed by atoms with Crippen LogP contribution < -0.4 is 10.1 Å². The van der Waals surface area contributed by atoms with Crippen LogP contribution in [0, 0.1) is 11.8 Å². The van der Waals surface area contributed by atoms with Gasteiger partial charge >= 0.3 is 5.97 Å². The summed E-state index contributed by atoms with van der Waals surface area (Å²) in [4.78, 5) is 22.8. The molecule has 0 spiro atoms. The van der Waals surface area contributed by atoms with Gasteiger partial charge in [0.15, 0.2) is 6.61 Å². The average Bonchev–Trinajstić information content (AvgIpc) is 2.53. The van der Waals surface area contributed by atoms with Gasteiger partial charge in [-0.3, -0.25) is 4.79 Å². The van der Waals surface area contributed by atoms with Gasteiger partial charge in [-0.05, 0) is 43.7 Å². The number of amides is 1. The van der Waals surface area contributed by atoms with Crippen LogP contribution in [0.15, 0.2) is 24.3 Å². The summed E-state index contributed by atoms with van der Waals surface area (Å²) < 4.78 is 5.11. The van der Waals surface area contributed by atoms with Gasteiger partial charge in [0.25, 0.3) is 0 Å². The molecular formula is C17H23NO4. The Balaban J connectivity index is 1.88. The van der Waals surface area contributed by atoms with Gasteiger partial charge in [-0.1, -0.05) is 19.4 Å². The van der Waals surface area contributed by atoms with Crippen LogP contribution in [0.5, 0.6) is 5.75 Å². The van der Waals surface area contributed by atoms with Crippen molar-refractivity contribution in [2.45, 2.75) is 39.0 Å². The molecule has 22 heavy (non-hydrogen) atoms. The van der Waals surface area contributed by atoms with E-state index in [-0.39, 0.29) is 11.8 Å². The molecule has 0 heterocycles. The Morgan fingerprint density at radius 2 is 2.00 bits per heavy atom.